The summed E-state index contributed by atoms with van der Waals surface area (Å²) in [5, 5.41) is 4.98. The van der Waals surface area contributed by atoms with Gasteiger partial charge in [-0.05, 0) is 31.4 Å². The quantitative estimate of drug-likeness (QED) is 0.775. The zero-order chi connectivity index (χ0) is 15.8. The number of piperidine rings is 1. The summed E-state index contributed by atoms with van der Waals surface area (Å²) in [5.74, 6) is 0. The molecule has 0 aliphatic carbocycles. The van der Waals surface area contributed by atoms with Crippen LogP contribution in [0.3, 0.4) is 0 Å². The first-order valence-electron chi connectivity index (χ1n) is 7.84. The third-order valence-electron chi connectivity index (χ3n) is 4.18. The van der Waals surface area contributed by atoms with Crippen LogP contribution in [-0.2, 0) is 0 Å². The van der Waals surface area contributed by atoms with Crippen LogP contribution in [0.2, 0.25) is 0 Å². The summed E-state index contributed by atoms with van der Waals surface area (Å²) in [6, 6.07) is 7.89. The first-order valence-corrected chi connectivity index (χ1v) is 8.66. The molecule has 2 aromatic heterocycles. The van der Waals surface area contributed by atoms with E-state index in [1.165, 1.54) is 35.3 Å². The van der Waals surface area contributed by atoms with Gasteiger partial charge in [0.1, 0.15) is 0 Å². The Labute approximate surface area is 137 Å². The molecule has 1 aromatic carbocycles. The van der Waals surface area contributed by atoms with Crippen LogP contribution >= 0.6 is 11.3 Å². The molecular weight excluding hydrogens is 308 g/mol. The Morgan fingerprint density at radius 1 is 1.22 bits per heavy atom. The molecule has 1 fully saturated rings. The lowest BCUT2D eigenvalue weighted by Crippen LogP contribution is -2.38. The highest BCUT2D eigenvalue weighted by molar-refractivity contribution is 7.20. The molecule has 0 saturated carbocycles. The van der Waals surface area contributed by atoms with E-state index in [2.05, 4.69) is 21.6 Å². The zero-order valence-electron chi connectivity index (χ0n) is 12.8. The molecule has 23 heavy (non-hydrogen) atoms. The minimum atomic E-state index is -0.0837. The van der Waals surface area contributed by atoms with Crippen molar-refractivity contribution in [3.05, 3.63) is 45.2 Å². The highest BCUT2D eigenvalue weighted by Gasteiger charge is 2.12. The van der Waals surface area contributed by atoms with Crippen LogP contribution in [0.4, 0.5) is 0 Å². The number of benzene rings is 1. The number of nitrogens with one attached hydrogen (secondary N) is 1. The van der Waals surface area contributed by atoms with Crippen molar-refractivity contribution >= 4 is 34.3 Å². The molecule has 3 heterocycles. The van der Waals surface area contributed by atoms with E-state index in [-0.39, 0.29) is 5.56 Å². The van der Waals surface area contributed by atoms with E-state index in [0.29, 0.717) is 15.7 Å². The van der Waals surface area contributed by atoms with E-state index < -0.39 is 0 Å². The number of hydrogen-bond donors (Lipinski definition) is 1. The lowest BCUT2D eigenvalue weighted by molar-refractivity contribution is 0.336. The van der Waals surface area contributed by atoms with Gasteiger partial charge in [-0.25, -0.2) is 4.98 Å². The van der Waals surface area contributed by atoms with Gasteiger partial charge in [-0.3, -0.25) is 9.89 Å². The number of thiazole rings is 1. The fourth-order valence-electron chi connectivity index (χ4n) is 2.95. The van der Waals surface area contributed by atoms with Crippen LogP contribution in [0.25, 0.3) is 28.1 Å². The van der Waals surface area contributed by atoms with Crippen molar-refractivity contribution in [1.29, 1.82) is 0 Å². The Balaban J connectivity index is 1.81. The molecule has 1 aliphatic heterocycles. The van der Waals surface area contributed by atoms with Gasteiger partial charge in [-0.2, -0.15) is 4.68 Å². The highest BCUT2D eigenvalue weighted by atomic mass is 32.1. The Hall–Kier alpha value is -2.34. The predicted molar refractivity (Wildman–Crippen MR) is 94.2 cm³/mol. The van der Waals surface area contributed by atoms with E-state index in [4.69, 9.17) is 0 Å². The standard InChI is InChI=1S/C17H18N4OS/c1-12-13(11-20-9-5-2-6-10-20)16(22)21(19-12)17-18-14-7-3-4-8-15(14)23-17/h3-4,7-8,11,19H,1-2,5-6,9-10H2. The Morgan fingerprint density at radius 2 is 2.00 bits per heavy atom. The van der Waals surface area contributed by atoms with Crippen molar-refractivity contribution in [2.24, 2.45) is 0 Å². The van der Waals surface area contributed by atoms with Gasteiger partial charge in [0.05, 0.1) is 20.8 Å². The van der Waals surface area contributed by atoms with E-state index in [1.807, 2.05) is 30.5 Å². The number of H-pyrrole nitrogens is 1. The Bertz CT molecular complexity index is 974. The normalized spacial score (nSPS) is 16.3. The molecular formula is C17H18N4OS. The van der Waals surface area contributed by atoms with Gasteiger partial charge in [0.25, 0.3) is 5.56 Å². The van der Waals surface area contributed by atoms with E-state index >= 15 is 0 Å². The Kier molecular flexibility index (Phi) is 3.53. The number of nitrogens with zero attached hydrogens (tertiary/aromatic N) is 3. The number of likely N-dealkylation sites (tertiary alicyclic amines) is 1. The van der Waals surface area contributed by atoms with Gasteiger partial charge in [-0.1, -0.05) is 30.0 Å². The van der Waals surface area contributed by atoms with Crippen LogP contribution in [0.15, 0.2) is 29.1 Å². The number of aromatic nitrogens is 3. The molecule has 118 valence electrons. The molecule has 0 radical (unpaired) electrons. The maximum atomic E-state index is 12.7. The molecule has 0 atom stereocenters. The van der Waals surface area contributed by atoms with Gasteiger partial charge < -0.3 is 4.90 Å². The van der Waals surface area contributed by atoms with Crippen molar-refractivity contribution in [2.45, 2.75) is 19.3 Å². The van der Waals surface area contributed by atoms with Crippen LogP contribution in [-0.4, -0.2) is 32.8 Å². The fourth-order valence-corrected chi connectivity index (χ4v) is 3.87. The number of rotatable bonds is 2. The maximum absolute atomic E-state index is 12.7. The smallest absolute Gasteiger partial charge is 0.282 e. The van der Waals surface area contributed by atoms with Gasteiger partial charge in [0, 0.05) is 19.3 Å². The lowest BCUT2D eigenvalue weighted by atomic mass is 10.1. The number of para-hydroxylation sites is 1. The molecule has 1 N–H and O–H groups in total. The molecule has 5 nitrogen and oxygen atoms in total. The monoisotopic (exact) mass is 326 g/mol. The third kappa shape index (κ3) is 2.59. The molecule has 1 saturated heterocycles. The van der Waals surface area contributed by atoms with Crippen molar-refractivity contribution in [2.75, 3.05) is 13.1 Å². The summed E-state index contributed by atoms with van der Waals surface area (Å²) >= 11 is 1.50. The van der Waals surface area contributed by atoms with E-state index in [1.54, 1.807) is 0 Å². The number of aromatic amines is 1. The summed E-state index contributed by atoms with van der Waals surface area (Å²) in [4.78, 5) is 19.5. The van der Waals surface area contributed by atoms with Crippen LogP contribution < -0.4 is 16.1 Å². The van der Waals surface area contributed by atoms with E-state index in [9.17, 15) is 4.79 Å². The summed E-state index contributed by atoms with van der Waals surface area (Å²) in [6.07, 6.45) is 5.58. The Morgan fingerprint density at radius 3 is 2.78 bits per heavy atom. The second-order valence-corrected chi connectivity index (χ2v) is 6.84. The number of hydrogen-bond acceptors (Lipinski definition) is 4. The largest absolute Gasteiger partial charge is 0.377 e. The van der Waals surface area contributed by atoms with Crippen molar-refractivity contribution < 1.29 is 0 Å². The molecule has 0 bridgehead atoms. The second-order valence-electron chi connectivity index (χ2n) is 5.83. The third-order valence-corrected chi connectivity index (χ3v) is 5.20. The SMILES string of the molecule is C=c1[nH]n(-c2nc3ccccc3s2)c(=O)c1=CN1CCCCC1. The van der Waals surface area contributed by atoms with Crippen LogP contribution in [0.5, 0.6) is 0 Å². The van der Waals surface area contributed by atoms with Gasteiger partial charge in [0.15, 0.2) is 0 Å². The summed E-state index contributed by atoms with van der Waals surface area (Å²) in [6.45, 7) is 6.00. The van der Waals surface area contributed by atoms with Gasteiger partial charge >= 0.3 is 0 Å². The van der Waals surface area contributed by atoms with Crippen molar-refractivity contribution in [3.8, 4) is 5.13 Å². The number of fused-ring (bicyclic) bond motifs is 1. The van der Waals surface area contributed by atoms with E-state index in [0.717, 1.165) is 23.3 Å². The summed E-state index contributed by atoms with van der Waals surface area (Å²) < 4.78 is 2.57. The average Bonchev–Trinajstić information content (AvgIpc) is 3.12. The topological polar surface area (TPSA) is 53.9 Å². The van der Waals surface area contributed by atoms with Crippen LogP contribution in [0.1, 0.15) is 19.3 Å². The van der Waals surface area contributed by atoms with Crippen molar-refractivity contribution in [3.63, 3.8) is 0 Å². The van der Waals surface area contributed by atoms with Gasteiger partial charge in [0.2, 0.25) is 5.13 Å². The summed E-state index contributed by atoms with van der Waals surface area (Å²) in [7, 11) is 0. The molecule has 1 aliphatic rings. The van der Waals surface area contributed by atoms with Gasteiger partial charge in [-0.15, -0.1) is 0 Å². The minimum Gasteiger partial charge on any atom is -0.377 e. The molecule has 0 amide bonds. The molecule has 6 heteroatoms. The predicted octanol–water partition coefficient (Wildman–Crippen LogP) is 1.41. The highest BCUT2D eigenvalue weighted by Crippen LogP contribution is 2.22. The first-order chi connectivity index (χ1) is 11.2. The lowest BCUT2D eigenvalue weighted by Gasteiger charge is -2.24. The first kappa shape index (κ1) is 14.3. The van der Waals surface area contributed by atoms with Crippen molar-refractivity contribution in [1.82, 2.24) is 19.7 Å². The minimum absolute atomic E-state index is 0.0837. The molecule has 0 unspecified atom stereocenters. The fraction of sp³-hybridized carbons (Fsp3) is 0.294. The average molecular weight is 326 g/mol. The zero-order valence-corrected chi connectivity index (χ0v) is 13.6. The molecule has 3 aromatic rings. The second kappa shape index (κ2) is 5.70. The summed E-state index contributed by atoms with van der Waals surface area (Å²) in [5.41, 5.74) is 0.820. The maximum Gasteiger partial charge on any atom is 0.282 e. The molecule has 0 spiro atoms. The molecule has 4 rings (SSSR count). The van der Waals surface area contributed by atoms with Crippen LogP contribution in [0, 0.1) is 0 Å².